The first-order valence-electron chi connectivity index (χ1n) is 3.69. The van der Waals surface area contributed by atoms with E-state index >= 15 is 0 Å². The van der Waals surface area contributed by atoms with Crippen LogP contribution in [0.15, 0.2) is 25.3 Å². The Balaban J connectivity index is 0. The Labute approximate surface area is 89.0 Å². The molecule has 0 amide bonds. The minimum absolute atomic E-state index is 0.494. The summed E-state index contributed by atoms with van der Waals surface area (Å²) in [5.74, 6) is 2.26. The van der Waals surface area contributed by atoms with Crippen LogP contribution in [0.25, 0.3) is 0 Å². The Hall–Kier alpha value is -0.300. The monoisotopic (exact) mass is 240 g/mol. The lowest BCUT2D eigenvalue weighted by atomic mass is 10.8. The summed E-state index contributed by atoms with van der Waals surface area (Å²) >= 11 is 0. The first-order valence-corrected chi connectivity index (χ1v) is 7.00. The van der Waals surface area contributed by atoms with Crippen LogP contribution < -0.4 is 0 Å². The van der Waals surface area contributed by atoms with Gasteiger partial charge in [-0.05, 0) is 23.0 Å². The van der Waals surface area contributed by atoms with Crippen molar-refractivity contribution in [1.82, 2.24) is 0 Å². The molecule has 0 aromatic heterocycles. The summed E-state index contributed by atoms with van der Waals surface area (Å²) in [5.41, 5.74) is 0. The molecule has 6 heteroatoms. The standard InChI is InChI=1S/C7H13S.CH4O4S/c1-4-6-8(3)7-5-2;1-5-6(2,3)4/h4-5H,1-2,6-7H2,3H3;1H3,(H,2,3,4)/q+1;/p-1. The fourth-order valence-corrected chi connectivity index (χ4v) is 1.41. The molecule has 0 radical (unpaired) electrons. The first kappa shape index (κ1) is 16.1. The van der Waals surface area contributed by atoms with Crippen molar-refractivity contribution in [3.05, 3.63) is 25.3 Å². The van der Waals surface area contributed by atoms with Gasteiger partial charge in [0.25, 0.3) is 0 Å². The maximum absolute atomic E-state index is 9.22. The van der Waals surface area contributed by atoms with Crippen molar-refractivity contribution in [1.29, 1.82) is 0 Å². The van der Waals surface area contributed by atoms with Crippen molar-refractivity contribution in [2.24, 2.45) is 0 Å². The molecule has 0 atom stereocenters. The van der Waals surface area contributed by atoms with Gasteiger partial charge in [-0.2, -0.15) is 0 Å². The van der Waals surface area contributed by atoms with Crippen molar-refractivity contribution in [3.63, 3.8) is 0 Å². The maximum atomic E-state index is 9.22. The smallest absolute Gasteiger partial charge is 0.217 e. The lowest BCUT2D eigenvalue weighted by Crippen LogP contribution is -2.04. The SMILES string of the molecule is C=CC[S+](C)CC=C.COS(=O)(=O)[O-]. The molecule has 0 saturated heterocycles. The average Bonchev–Trinajstić information content (AvgIpc) is 2.05. The fraction of sp³-hybridized carbons (Fsp3) is 0.500. The van der Waals surface area contributed by atoms with E-state index in [-0.39, 0.29) is 0 Å². The lowest BCUT2D eigenvalue weighted by Gasteiger charge is -1.98. The van der Waals surface area contributed by atoms with Crippen molar-refractivity contribution in [2.75, 3.05) is 24.9 Å². The van der Waals surface area contributed by atoms with Gasteiger partial charge >= 0.3 is 0 Å². The molecule has 0 saturated carbocycles. The first-order chi connectivity index (χ1) is 6.37. The van der Waals surface area contributed by atoms with Crippen molar-refractivity contribution in [3.8, 4) is 0 Å². The summed E-state index contributed by atoms with van der Waals surface area (Å²) in [5, 5.41) is 0. The molecule has 0 N–H and O–H groups in total. The summed E-state index contributed by atoms with van der Waals surface area (Å²) < 4.78 is 31.0. The maximum Gasteiger partial charge on any atom is 0.217 e. The molecule has 0 rings (SSSR count). The Bertz CT molecular complexity index is 236. The molecular weight excluding hydrogens is 224 g/mol. The third-order valence-corrected chi connectivity index (χ3v) is 3.03. The van der Waals surface area contributed by atoms with Gasteiger partial charge < -0.3 is 4.55 Å². The fourth-order valence-electron chi connectivity index (χ4n) is 0.470. The number of rotatable bonds is 5. The normalized spacial score (nSPS) is 10.3. The van der Waals surface area contributed by atoms with E-state index in [4.69, 9.17) is 0 Å². The zero-order valence-corrected chi connectivity index (χ0v) is 10.1. The van der Waals surface area contributed by atoms with Crippen LogP contribution in [0.5, 0.6) is 0 Å². The predicted molar refractivity (Wildman–Crippen MR) is 60.1 cm³/mol. The van der Waals surface area contributed by atoms with E-state index < -0.39 is 10.4 Å². The van der Waals surface area contributed by atoms with Crippen LogP contribution in [-0.2, 0) is 25.5 Å². The van der Waals surface area contributed by atoms with Gasteiger partial charge in [0, 0.05) is 0 Å². The molecule has 0 aromatic carbocycles. The highest BCUT2D eigenvalue weighted by atomic mass is 32.3. The van der Waals surface area contributed by atoms with Gasteiger partial charge in [-0.1, -0.05) is 13.2 Å². The Morgan fingerprint density at radius 2 is 1.64 bits per heavy atom. The number of hydrogen-bond donors (Lipinski definition) is 0. The topological polar surface area (TPSA) is 66.4 Å². The van der Waals surface area contributed by atoms with Crippen molar-refractivity contribution < 1.29 is 17.2 Å². The Morgan fingerprint density at radius 3 is 1.79 bits per heavy atom. The van der Waals surface area contributed by atoms with E-state index in [2.05, 4.69) is 23.6 Å². The third kappa shape index (κ3) is 17.7. The van der Waals surface area contributed by atoms with Gasteiger partial charge in [-0.15, -0.1) is 0 Å². The second-order valence-electron chi connectivity index (χ2n) is 2.27. The van der Waals surface area contributed by atoms with E-state index in [1.54, 1.807) is 0 Å². The van der Waals surface area contributed by atoms with Crippen LogP contribution in [-0.4, -0.2) is 37.8 Å². The minimum Gasteiger partial charge on any atom is -0.726 e. The van der Waals surface area contributed by atoms with Gasteiger partial charge in [0.05, 0.1) is 13.4 Å². The zero-order chi connectivity index (χ0) is 11.6. The molecule has 0 aromatic rings. The summed E-state index contributed by atoms with van der Waals surface area (Å²) in [6.45, 7) is 7.31. The van der Waals surface area contributed by atoms with Crippen molar-refractivity contribution >= 4 is 21.3 Å². The van der Waals surface area contributed by atoms with E-state index in [1.807, 2.05) is 12.2 Å². The lowest BCUT2D eigenvalue weighted by molar-refractivity contribution is 0.314. The van der Waals surface area contributed by atoms with Gasteiger partial charge in [0.2, 0.25) is 10.4 Å². The van der Waals surface area contributed by atoms with E-state index in [0.29, 0.717) is 10.9 Å². The molecule has 4 nitrogen and oxygen atoms in total. The molecule has 0 spiro atoms. The molecule has 0 aliphatic heterocycles. The summed E-state index contributed by atoms with van der Waals surface area (Å²) in [6, 6.07) is 0. The molecule has 14 heavy (non-hydrogen) atoms. The highest BCUT2D eigenvalue weighted by Crippen LogP contribution is 1.90. The third-order valence-electron chi connectivity index (χ3n) is 1.01. The minimum atomic E-state index is -4.41. The van der Waals surface area contributed by atoms with E-state index in [9.17, 15) is 13.0 Å². The zero-order valence-electron chi connectivity index (χ0n) is 8.43. The van der Waals surface area contributed by atoms with Crippen LogP contribution in [0.4, 0.5) is 0 Å². The quantitative estimate of drug-likeness (QED) is 0.307. The second kappa shape index (κ2) is 9.26. The van der Waals surface area contributed by atoms with E-state index in [0.717, 1.165) is 18.6 Å². The van der Waals surface area contributed by atoms with Crippen LogP contribution in [0.1, 0.15) is 0 Å². The van der Waals surface area contributed by atoms with Gasteiger partial charge in [0.15, 0.2) is 0 Å². The van der Waals surface area contributed by atoms with Gasteiger partial charge in [0.1, 0.15) is 11.5 Å². The Morgan fingerprint density at radius 1 is 1.36 bits per heavy atom. The van der Waals surface area contributed by atoms with Gasteiger partial charge in [-0.3, -0.25) is 4.18 Å². The number of hydrogen-bond acceptors (Lipinski definition) is 4. The summed E-state index contributed by atoms with van der Waals surface area (Å²) in [4.78, 5) is 0. The average molecular weight is 240 g/mol. The van der Waals surface area contributed by atoms with Crippen molar-refractivity contribution in [2.45, 2.75) is 0 Å². The predicted octanol–water partition coefficient (Wildman–Crippen LogP) is 0.700. The van der Waals surface area contributed by atoms with Crippen LogP contribution >= 0.6 is 0 Å². The Kier molecular flexibility index (Phi) is 10.7. The molecule has 0 bridgehead atoms. The van der Waals surface area contributed by atoms with Crippen LogP contribution in [0.2, 0.25) is 0 Å². The molecule has 0 aliphatic rings. The molecule has 0 unspecified atom stereocenters. The van der Waals surface area contributed by atoms with Gasteiger partial charge in [-0.25, -0.2) is 8.42 Å². The summed E-state index contributed by atoms with van der Waals surface area (Å²) in [7, 11) is -3.11. The molecule has 84 valence electrons. The summed E-state index contributed by atoms with van der Waals surface area (Å²) in [6.07, 6.45) is 6.16. The van der Waals surface area contributed by atoms with E-state index in [1.165, 1.54) is 0 Å². The molecule has 0 fully saturated rings. The van der Waals surface area contributed by atoms with Crippen LogP contribution in [0, 0.1) is 0 Å². The largest absolute Gasteiger partial charge is 0.726 e. The second-order valence-corrected chi connectivity index (χ2v) is 5.65. The molecule has 0 aliphatic carbocycles. The van der Waals surface area contributed by atoms with Crippen LogP contribution in [0.3, 0.4) is 0 Å². The molecular formula is C8H16O4S2. The highest BCUT2D eigenvalue weighted by Gasteiger charge is 2.02. The highest BCUT2D eigenvalue weighted by molar-refractivity contribution is 7.96. The molecule has 0 heterocycles.